The highest BCUT2D eigenvalue weighted by atomic mass is 16.5. The number of likely N-dealkylation sites (tertiary alicyclic amines) is 1. The molecule has 0 aromatic carbocycles. The van der Waals surface area contributed by atoms with Crippen LogP contribution in [-0.4, -0.2) is 31.1 Å². The summed E-state index contributed by atoms with van der Waals surface area (Å²) in [5.74, 6) is 0.243. The summed E-state index contributed by atoms with van der Waals surface area (Å²) in [6.07, 6.45) is 2.06. The van der Waals surface area contributed by atoms with Crippen LogP contribution in [0, 0.1) is 17.2 Å². The number of nitrogens with two attached hydrogens (primary N) is 1. The molecular weight excluding hydrogens is 206 g/mol. The van der Waals surface area contributed by atoms with Crippen molar-refractivity contribution < 1.29 is 9.53 Å². The first kappa shape index (κ1) is 12.4. The van der Waals surface area contributed by atoms with Gasteiger partial charge >= 0.3 is 5.97 Å². The lowest BCUT2D eigenvalue weighted by molar-refractivity contribution is -0.135. The molecule has 0 saturated carbocycles. The van der Waals surface area contributed by atoms with Gasteiger partial charge < -0.3 is 15.4 Å². The maximum Gasteiger partial charge on any atom is 0.352 e. The third-order valence-corrected chi connectivity index (χ3v) is 2.88. The Morgan fingerprint density at radius 2 is 2.06 bits per heavy atom. The van der Waals surface area contributed by atoms with Gasteiger partial charge in [0.2, 0.25) is 0 Å². The summed E-state index contributed by atoms with van der Waals surface area (Å²) >= 11 is 0. The zero-order chi connectivity index (χ0) is 12.1. The van der Waals surface area contributed by atoms with Gasteiger partial charge in [-0.05, 0) is 18.8 Å². The normalized spacial score (nSPS) is 18.7. The summed E-state index contributed by atoms with van der Waals surface area (Å²) in [6.45, 7) is 3.76. The first-order valence-corrected chi connectivity index (χ1v) is 5.33. The van der Waals surface area contributed by atoms with Gasteiger partial charge in [-0.15, -0.1) is 0 Å². The van der Waals surface area contributed by atoms with Crippen LogP contribution in [-0.2, 0) is 9.53 Å². The van der Waals surface area contributed by atoms with Gasteiger partial charge in [0, 0.05) is 13.1 Å². The summed E-state index contributed by atoms with van der Waals surface area (Å²) in [6, 6.07) is 1.80. The third-order valence-electron chi connectivity index (χ3n) is 2.88. The number of ether oxygens (including phenoxy) is 1. The lowest BCUT2D eigenvalue weighted by Gasteiger charge is -2.32. The minimum Gasteiger partial charge on any atom is -0.465 e. The second kappa shape index (κ2) is 5.40. The van der Waals surface area contributed by atoms with Crippen molar-refractivity contribution in [3.8, 4) is 6.07 Å². The fraction of sp³-hybridized carbons (Fsp3) is 0.636. The lowest BCUT2D eigenvalue weighted by atomic mass is 9.99. The number of nitrogens with zero attached hydrogens (tertiary/aromatic N) is 2. The molecule has 1 fully saturated rings. The molecule has 1 aliphatic heterocycles. The van der Waals surface area contributed by atoms with Crippen LogP contribution in [0.5, 0.6) is 0 Å². The Kier molecular flexibility index (Phi) is 4.18. The summed E-state index contributed by atoms with van der Waals surface area (Å²) in [5, 5.41) is 8.87. The number of carbonyl (C=O) groups is 1. The Labute approximate surface area is 95.5 Å². The number of rotatable bonds is 2. The highest BCUT2D eigenvalue weighted by molar-refractivity contribution is 5.93. The van der Waals surface area contributed by atoms with E-state index in [-0.39, 0.29) is 11.4 Å². The molecule has 0 amide bonds. The molecule has 5 heteroatoms. The number of esters is 1. The molecule has 5 nitrogen and oxygen atoms in total. The molecule has 1 heterocycles. The summed E-state index contributed by atoms with van der Waals surface area (Å²) < 4.78 is 4.51. The van der Waals surface area contributed by atoms with Gasteiger partial charge in [-0.1, -0.05) is 6.92 Å². The first-order valence-electron chi connectivity index (χ1n) is 5.33. The van der Waals surface area contributed by atoms with Crippen molar-refractivity contribution in [2.45, 2.75) is 19.8 Å². The van der Waals surface area contributed by atoms with Crippen molar-refractivity contribution in [2.24, 2.45) is 11.7 Å². The van der Waals surface area contributed by atoms with Gasteiger partial charge in [0.25, 0.3) is 0 Å². The predicted molar refractivity (Wildman–Crippen MR) is 58.8 cm³/mol. The lowest BCUT2D eigenvalue weighted by Crippen LogP contribution is -2.37. The van der Waals surface area contributed by atoms with E-state index < -0.39 is 5.97 Å². The van der Waals surface area contributed by atoms with Crippen molar-refractivity contribution in [3.63, 3.8) is 0 Å². The number of piperidine rings is 1. The minimum absolute atomic E-state index is 0.1000. The fourth-order valence-corrected chi connectivity index (χ4v) is 1.72. The van der Waals surface area contributed by atoms with E-state index in [4.69, 9.17) is 11.0 Å². The first-order chi connectivity index (χ1) is 7.60. The van der Waals surface area contributed by atoms with E-state index in [1.54, 1.807) is 6.07 Å². The zero-order valence-electron chi connectivity index (χ0n) is 9.69. The number of hydrogen-bond donors (Lipinski definition) is 1. The van der Waals surface area contributed by atoms with Crippen LogP contribution < -0.4 is 5.73 Å². The number of nitriles is 1. The van der Waals surface area contributed by atoms with Crippen molar-refractivity contribution in [2.75, 3.05) is 20.2 Å². The maximum absolute atomic E-state index is 11.3. The van der Waals surface area contributed by atoms with Crippen LogP contribution in [0.4, 0.5) is 0 Å². The maximum atomic E-state index is 11.3. The Bertz CT molecular complexity index is 336. The second-order valence-electron chi connectivity index (χ2n) is 4.03. The van der Waals surface area contributed by atoms with Crippen LogP contribution in [0.3, 0.4) is 0 Å². The van der Waals surface area contributed by atoms with Gasteiger partial charge in [0.1, 0.15) is 11.9 Å². The molecule has 1 rings (SSSR count). The van der Waals surface area contributed by atoms with E-state index in [1.807, 2.05) is 4.90 Å². The Balaban J connectivity index is 2.81. The Hall–Kier alpha value is -1.70. The summed E-state index contributed by atoms with van der Waals surface area (Å²) in [5.41, 5.74) is 5.71. The van der Waals surface area contributed by atoms with Gasteiger partial charge in [0.05, 0.1) is 7.11 Å². The van der Waals surface area contributed by atoms with Crippen molar-refractivity contribution in [1.29, 1.82) is 5.26 Å². The van der Waals surface area contributed by atoms with E-state index in [1.165, 1.54) is 7.11 Å². The number of hydrogen-bond acceptors (Lipinski definition) is 5. The van der Waals surface area contributed by atoms with Gasteiger partial charge in [0.15, 0.2) is 5.57 Å². The van der Waals surface area contributed by atoms with Gasteiger partial charge in [-0.2, -0.15) is 5.26 Å². The highest BCUT2D eigenvalue weighted by Gasteiger charge is 2.22. The molecule has 0 atom stereocenters. The SMILES string of the molecule is COC(=O)/C(C#N)=C(/N)N1CCC(C)CC1. The molecule has 0 bridgehead atoms. The molecule has 1 saturated heterocycles. The van der Waals surface area contributed by atoms with Crippen LogP contribution in [0.25, 0.3) is 0 Å². The van der Waals surface area contributed by atoms with Crippen LogP contribution >= 0.6 is 0 Å². The molecule has 0 radical (unpaired) electrons. The molecule has 0 unspecified atom stereocenters. The van der Waals surface area contributed by atoms with Crippen LogP contribution in [0.15, 0.2) is 11.4 Å². The summed E-state index contributed by atoms with van der Waals surface area (Å²) in [7, 11) is 1.24. The van der Waals surface area contributed by atoms with Crippen LogP contribution in [0.2, 0.25) is 0 Å². The molecule has 0 spiro atoms. The van der Waals surface area contributed by atoms with Crippen LogP contribution in [0.1, 0.15) is 19.8 Å². The van der Waals surface area contributed by atoms with E-state index in [0.717, 1.165) is 25.9 Å². The molecule has 0 aromatic heterocycles. The standard InChI is InChI=1S/C11H17N3O2/c1-8-3-5-14(6-4-8)10(13)9(7-12)11(15)16-2/h8H,3-6,13H2,1-2H3/b10-9-. The van der Waals surface area contributed by atoms with Crippen molar-refractivity contribution >= 4 is 5.97 Å². The minimum atomic E-state index is -0.668. The molecule has 2 N–H and O–H groups in total. The predicted octanol–water partition coefficient (Wildman–Crippen LogP) is 0.585. The molecular formula is C11H17N3O2. The van der Waals surface area contributed by atoms with Gasteiger partial charge in [-0.3, -0.25) is 0 Å². The highest BCUT2D eigenvalue weighted by Crippen LogP contribution is 2.19. The topological polar surface area (TPSA) is 79.3 Å². The number of carbonyl (C=O) groups excluding carboxylic acids is 1. The zero-order valence-corrected chi connectivity index (χ0v) is 9.69. The quantitative estimate of drug-likeness (QED) is 0.421. The average molecular weight is 223 g/mol. The summed E-state index contributed by atoms with van der Waals surface area (Å²) in [4.78, 5) is 13.2. The molecule has 1 aliphatic rings. The molecule has 16 heavy (non-hydrogen) atoms. The molecule has 0 aliphatic carbocycles. The Morgan fingerprint density at radius 3 is 2.50 bits per heavy atom. The molecule has 0 aromatic rings. The van der Waals surface area contributed by atoms with E-state index in [0.29, 0.717) is 5.92 Å². The third kappa shape index (κ3) is 2.66. The number of methoxy groups -OCH3 is 1. The monoisotopic (exact) mass is 223 g/mol. The van der Waals surface area contributed by atoms with Crippen molar-refractivity contribution in [1.82, 2.24) is 4.90 Å². The second-order valence-corrected chi connectivity index (χ2v) is 4.03. The molecule has 88 valence electrons. The van der Waals surface area contributed by atoms with Gasteiger partial charge in [-0.25, -0.2) is 4.79 Å². The Morgan fingerprint density at radius 1 is 1.50 bits per heavy atom. The average Bonchev–Trinajstić information content (AvgIpc) is 2.30. The smallest absolute Gasteiger partial charge is 0.352 e. The fourth-order valence-electron chi connectivity index (χ4n) is 1.72. The van der Waals surface area contributed by atoms with Crippen molar-refractivity contribution in [3.05, 3.63) is 11.4 Å². The van der Waals surface area contributed by atoms with E-state index >= 15 is 0 Å². The van der Waals surface area contributed by atoms with E-state index in [9.17, 15) is 4.79 Å². The largest absolute Gasteiger partial charge is 0.465 e. The van der Waals surface area contributed by atoms with E-state index in [2.05, 4.69) is 11.7 Å².